The van der Waals surface area contributed by atoms with E-state index in [4.69, 9.17) is 9.47 Å². The third kappa shape index (κ3) is 4.27. The van der Waals surface area contributed by atoms with Crippen molar-refractivity contribution in [2.24, 2.45) is 0 Å². The summed E-state index contributed by atoms with van der Waals surface area (Å²) in [4.78, 5) is 37.2. The van der Waals surface area contributed by atoms with Crippen LogP contribution < -0.4 is 15.4 Å². The predicted octanol–water partition coefficient (Wildman–Crippen LogP) is 3.11. The van der Waals surface area contributed by atoms with Gasteiger partial charge in [-0.25, -0.2) is 14.4 Å². The van der Waals surface area contributed by atoms with Crippen LogP contribution in [-0.4, -0.2) is 36.3 Å². The number of urea groups is 1. The fourth-order valence-corrected chi connectivity index (χ4v) is 3.22. The van der Waals surface area contributed by atoms with Gasteiger partial charge in [0.1, 0.15) is 5.75 Å². The van der Waals surface area contributed by atoms with E-state index in [1.54, 1.807) is 56.3 Å². The number of aromatic carboxylic acids is 1. The highest BCUT2D eigenvalue weighted by atomic mass is 16.5. The average molecular weight is 410 g/mol. The summed E-state index contributed by atoms with van der Waals surface area (Å²) in [7, 11) is 1.53. The Bertz CT molecular complexity index is 1010. The molecule has 0 saturated heterocycles. The van der Waals surface area contributed by atoms with Gasteiger partial charge in [-0.15, -0.1) is 0 Å². The monoisotopic (exact) mass is 410 g/mol. The lowest BCUT2D eigenvalue weighted by Crippen LogP contribution is -2.46. The Kier molecular flexibility index (Phi) is 6.06. The minimum atomic E-state index is -1.17. The molecule has 1 atom stereocenters. The van der Waals surface area contributed by atoms with Crippen LogP contribution in [0.25, 0.3) is 5.70 Å². The number of esters is 1. The SMILES string of the molecule is COc1ccc(C2=C(C(=O)OC(C)C)C(c3ccccc3C(=O)O)NC(=O)N2)cc1. The molecule has 8 heteroatoms. The molecule has 3 N–H and O–H groups in total. The molecule has 1 heterocycles. The molecule has 2 aromatic rings. The molecule has 156 valence electrons. The van der Waals surface area contributed by atoms with Gasteiger partial charge in [0.2, 0.25) is 0 Å². The van der Waals surface area contributed by atoms with Gasteiger partial charge in [0.05, 0.1) is 36.1 Å². The molecule has 0 bridgehead atoms. The topological polar surface area (TPSA) is 114 Å². The zero-order valence-electron chi connectivity index (χ0n) is 16.8. The molecule has 8 nitrogen and oxygen atoms in total. The molecule has 0 spiro atoms. The lowest BCUT2D eigenvalue weighted by molar-refractivity contribution is -0.143. The summed E-state index contributed by atoms with van der Waals surface area (Å²) >= 11 is 0. The first kappa shape index (κ1) is 20.9. The smallest absolute Gasteiger partial charge is 0.338 e. The quantitative estimate of drug-likeness (QED) is 0.631. The minimum absolute atomic E-state index is 0.0198. The molecule has 30 heavy (non-hydrogen) atoms. The van der Waals surface area contributed by atoms with Crippen LogP contribution in [0.15, 0.2) is 54.1 Å². The first-order valence-electron chi connectivity index (χ1n) is 9.31. The number of amides is 2. The van der Waals surface area contributed by atoms with Gasteiger partial charge in [-0.3, -0.25) is 0 Å². The van der Waals surface area contributed by atoms with Gasteiger partial charge < -0.3 is 25.2 Å². The molecule has 1 aliphatic rings. The Morgan fingerprint density at radius 3 is 2.33 bits per heavy atom. The lowest BCUT2D eigenvalue weighted by atomic mass is 9.90. The van der Waals surface area contributed by atoms with Crippen LogP contribution in [0.5, 0.6) is 5.75 Å². The molecule has 0 fully saturated rings. The fraction of sp³-hybridized carbons (Fsp3) is 0.227. The molecule has 0 radical (unpaired) electrons. The average Bonchev–Trinajstić information content (AvgIpc) is 2.72. The molecular weight excluding hydrogens is 388 g/mol. The number of benzene rings is 2. The van der Waals surface area contributed by atoms with Crippen molar-refractivity contribution >= 4 is 23.7 Å². The second-order valence-electron chi connectivity index (χ2n) is 6.90. The Morgan fingerprint density at radius 1 is 1.07 bits per heavy atom. The summed E-state index contributed by atoms with van der Waals surface area (Å²) in [5.74, 6) is -1.21. The molecular formula is C22H22N2O6. The molecule has 0 aliphatic carbocycles. The normalized spacial score (nSPS) is 16.0. The summed E-state index contributed by atoms with van der Waals surface area (Å²) in [5.41, 5.74) is 1.17. The van der Waals surface area contributed by atoms with Gasteiger partial charge >= 0.3 is 18.0 Å². The van der Waals surface area contributed by atoms with Crippen LogP contribution in [0.1, 0.15) is 41.4 Å². The number of carbonyl (C=O) groups excluding carboxylic acids is 2. The molecule has 3 rings (SSSR count). The third-order valence-corrected chi connectivity index (χ3v) is 4.52. The number of carboxylic acids is 1. The van der Waals surface area contributed by atoms with E-state index in [9.17, 15) is 19.5 Å². The molecule has 2 amide bonds. The fourth-order valence-electron chi connectivity index (χ4n) is 3.22. The highest BCUT2D eigenvalue weighted by Gasteiger charge is 2.36. The van der Waals surface area contributed by atoms with Crippen molar-refractivity contribution in [3.8, 4) is 5.75 Å². The van der Waals surface area contributed by atoms with E-state index in [-0.39, 0.29) is 22.4 Å². The van der Waals surface area contributed by atoms with Crippen LogP contribution in [0, 0.1) is 0 Å². The first-order valence-corrected chi connectivity index (χ1v) is 9.31. The number of ether oxygens (including phenoxy) is 2. The van der Waals surface area contributed by atoms with Crippen molar-refractivity contribution < 1.29 is 29.0 Å². The number of hydrogen-bond donors (Lipinski definition) is 3. The van der Waals surface area contributed by atoms with E-state index in [1.165, 1.54) is 13.2 Å². The van der Waals surface area contributed by atoms with E-state index in [1.807, 2.05) is 0 Å². The van der Waals surface area contributed by atoms with Crippen molar-refractivity contribution in [3.05, 3.63) is 70.8 Å². The second kappa shape index (κ2) is 8.69. The Hall–Kier alpha value is -3.81. The van der Waals surface area contributed by atoms with Crippen LogP contribution in [0.4, 0.5) is 4.79 Å². The van der Waals surface area contributed by atoms with Gasteiger partial charge in [0.15, 0.2) is 0 Å². The lowest BCUT2D eigenvalue weighted by Gasteiger charge is -2.30. The number of methoxy groups -OCH3 is 1. The molecule has 0 aromatic heterocycles. The van der Waals surface area contributed by atoms with Gasteiger partial charge in [-0.05, 0) is 55.3 Å². The molecule has 1 unspecified atom stereocenters. The second-order valence-corrected chi connectivity index (χ2v) is 6.90. The summed E-state index contributed by atoms with van der Waals surface area (Å²) < 4.78 is 10.6. The zero-order chi connectivity index (χ0) is 21.8. The summed E-state index contributed by atoms with van der Waals surface area (Å²) in [6.45, 7) is 3.42. The first-order chi connectivity index (χ1) is 14.3. The largest absolute Gasteiger partial charge is 0.497 e. The Morgan fingerprint density at radius 2 is 1.73 bits per heavy atom. The maximum Gasteiger partial charge on any atom is 0.338 e. The van der Waals surface area contributed by atoms with Crippen LogP contribution >= 0.6 is 0 Å². The Balaban J connectivity index is 2.23. The number of rotatable bonds is 6. The number of carbonyl (C=O) groups is 3. The minimum Gasteiger partial charge on any atom is -0.497 e. The van der Waals surface area contributed by atoms with E-state index >= 15 is 0 Å². The van der Waals surface area contributed by atoms with Crippen molar-refractivity contribution in [1.29, 1.82) is 0 Å². The highest BCUT2D eigenvalue weighted by Crippen LogP contribution is 2.34. The van der Waals surface area contributed by atoms with Crippen LogP contribution in [0.2, 0.25) is 0 Å². The highest BCUT2D eigenvalue weighted by molar-refractivity contribution is 6.05. The predicted molar refractivity (Wildman–Crippen MR) is 109 cm³/mol. The Labute approximate surface area is 173 Å². The van der Waals surface area contributed by atoms with Gasteiger partial charge in [0, 0.05) is 0 Å². The van der Waals surface area contributed by atoms with Crippen molar-refractivity contribution in [3.63, 3.8) is 0 Å². The van der Waals surface area contributed by atoms with E-state index in [0.717, 1.165) is 0 Å². The van der Waals surface area contributed by atoms with E-state index < -0.39 is 30.1 Å². The molecule has 2 aromatic carbocycles. The summed E-state index contributed by atoms with van der Waals surface area (Å²) in [6, 6.07) is 11.4. The van der Waals surface area contributed by atoms with Crippen LogP contribution in [-0.2, 0) is 9.53 Å². The van der Waals surface area contributed by atoms with Gasteiger partial charge in [0.25, 0.3) is 0 Å². The van der Waals surface area contributed by atoms with Crippen LogP contribution in [0.3, 0.4) is 0 Å². The van der Waals surface area contributed by atoms with Crippen molar-refractivity contribution in [2.45, 2.75) is 26.0 Å². The van der Waals surface area contributed by atoms with Crippen molar-refractivity contribution in [1.82, 2.24) is 10.6 Å². The van der Waals surface area contributed by atoms with E-state index in [2.05, 4.69) is 10.6 Å². The standard InChI is InChI=1S/C22H22N2O6/c1-12(2)30-21(27)17-18(13-8-10-14(29-3)11-9-13)23-22(28)24-19(17)15-6-4-5-7-16(15)20(25)26/h4-12,19H,1-3H3,(H,25,26)(H2,23,24,28). The maximum absolute atomic E-state index is 13.0. The van der Waals surface area contributed by atoms with Gasteiger partial charge in [-0.1, -0.05) is 18.2 Å². The zero-order valence-corrected chi connectivity index (χ0v) is 16.8. The number of carboxylic acid groups (broad SMARTS) is 1. The van der Waals surface area contributed by atoms with E-state index in [0.29, 0.717) is 11.3 Å². The molecule has 0 saturated carbocycles. The third-order valence-electron chi connectivity index (χ3n) is 4.52. The van der Waals surface area contributed by atoms with Crippen molar-refractivity contribution in [2.75, 3.05) is 7.11 Å². The van der Waals surface area contributed by atoms with Gasteiger partial charge in [-0.2, -0.15) is 0 Å². The number of nitrogens with one attached hydrogen (secondary N) is 2. The summed E-state index contributed by atoms with van der Waals surface area (Å²) in [6.07, 6.45) is -0.407. The molecule has 1 aliphatic heterocycles. The maximum atomic E-state index is 13.0. The number of hydrogen-bond acceptors (Lipinski definition) is 5. The summed E-state index contributed by atoms with van der Waals surface area (Å²) in [5, 5.41) is 14.9.